The molecule has 2 amide bonds. The van der Waals surface area contributed by atoms with Crippen LogP contribution >= 0.6 is 23.1 Å². The van der Waals surface area contributed by atoms with Gasteiger partial charge in [0, 0.05) is 10.6 Å². The number of benzene rings is 1. The number of thiazole rings is 1. The molecule has 10 heteroatoms. The van der Waals surface area contributed by atoms with E-state index in [4.69, 9.17) is 5.73 Å². The first-order valence-corrected chi connectivity index (χ1v) is 8.86. The van der Waals surface area contributed by atoms with Crippen LogP contribution < -0.4 is 15.8 Å². The smallest absolute Gasteiger partial charge is 0.387 e. The Kier molecular flexibility index (Phi) is 6.71. The van der Waals surface area contributed by atoms with Crippen molar-refractivity contribution in [3.8, 4) is 5.75 Å². The van der Waals surface area contributed by atoms with Crippen molar-refractivity contribution in [1.82, 2.24) is 4.98 Å². The second-order valence-corrected chi connectivity index (χ2v) is 7.18. The number of nitrogens with one attached hydrogen (secondary N) is 1. The molecule has 0 fully saturated rings. The number of alkyl halides is 2. The van der Waals surface area contributed by atoms with Crippen molar-refractivity contribution in [3.05, 3.63) is 34.8 Å². The van der Waals surface area contributed by atoms with Crippen molar-refractivity contribution in [2.75, 3.05) is 11.1 Å². The fraction of sp³-hybridized carbons (Fsp3) is 0.267. The van der Waals surface area contributed by atoms with E-state index in [1.54, 1.807) is 6.92 Å². The van der Waals surface area contributed by atoms with Crippen molar-refractivity contribution in [3.63, 3.8) is 0 Å². The van der Waals surface area contributed by atoms with Crippen LogP contribution in [0.25, 0.3) is 0 Å². The molecule has 0 saturated heterocycles. The van der Waals surface area contributed by atoms with Gasteiger partial charge < -0.3 is 15.8 Å². The lowest BCUT2D eigenvalue weighted by Crippen LogP contribution is -2.13. The monoisotopic (exact) mass is 387 g/mol. The Hall–Kier alpha value is -2.20. The zero-order chi connectivity index (χ0) is 18.4. The van der Waals surface area contributed by atoms with Crippen molar-refractivity contribution >= 4 is 40.6 Å². The van der Waals surface area contributed by atoms with E-state index in [-0.39, 0.29) is 23.8 Å². The highest BCUT2D eigenvalue weighted by atomic mass is 32.2. The Balaban J connectivity index is 1.85. The van der Waals surface area contributed by atoms with Crippen LogP contribution in [-0.2, 0) is 16.0 Å². The zero-order valence-electron chi connectivity index (χ0n) is 13.1. The van der Waals surface area contributed by atoms with Gasteiger partial charge in [0.1, 0.15) is 5.75 Å². The summed E-state index contributed by atoms with van der Waals surface area (Å²) in [6.07, 6.45) is 0.128. The van der Waals surface area contributed by atoms with Crippen molar-refractivity contribution in [2.45, 2.75) is 24.3 Å². The Bertz CT molecular complexity index is 751. The van der Waals surface area contributed by atoms with Gasteiger partial charge >= 0.3 is 6.61 Å². The van der Waals surface area contributed by atoms with Crippen LogP contribution in [0.3, 0.4) is 0 Å². The fourth-order valence-corrected chi connectivity index (χ4v) is 3.87. The van der Waals surface area contributed by atoms with E-state index in [1.807, 2.05) is 0 Å². The predicted molar refractivity (Wildman–Crippen MR) is 92.2 cm³/mol. The highest BCUT2D eigenvalue weighted by Crippen LogP contribution is 2.27. The van der Waals surface area contributed by atoms with E-state index in [1.165, 1.54) is 47.4 Å². The van der Waals surface area contributed by atoms with Crippen molar-refractivity contribution in [2.24, 2.45) is 5.73 Å². The minimum Gasteiger partial charge on any atom is -0.435 e. The van der Waals surface area contributed by atoms with Gasteiger partial charge in [-0.2, -0.15) is 8.78 Å². The summed E-state index contributed by atoms with van der Waals surface area (Å²) in [5, 5.41) is 2.65. The summed E-state index contributed by atoms with van der Waals surface area (Å²) >= 11 is 2.57. The molecule has 2 rings (SSSR count). The zero-order valence-corrected chi connectivity index (χ0v) is 14.8. The number of ether oxygens (including phenoxy) is 1. The van der Waals surface area contributed by atoms with Crippen LogP contribution in [0.2, 0.25) is 0 Å². The number of nitrogens with two attached hydrogens (primary N) is 1. The largest absolute Gasteiger partial charge is 0.435 e. The van der Waals surface area contributed by atoms with Gasteiger partial charge in [0.15, 0.2) is 4.34 Å². The molecule has 1 aromatic heterocycles. The van der Waals surface area contributed by atoms with Gasteiger partial charge in [0.25, 0.3) is 0 Å². The van der Waals surface area contributed by atoms with Crippen molar-refractivity contribution in [1.29, 1.82) is 0 Å². The minimum atomic E-state index is -2.89. The van der Waals surface area contributed by atoms with Crippen LogP contribution in [0.4, 0.5) is 14.5 Å². The Morgan fingerprint density at radius 1 is 1.36 bits per heavy atom. The van der Waals surface area contributed by atoms with Gasteiger partial charge in [-0.25, -0.2) is 4.98 Å². The number of amides is 2. The van der Waals surface area contributed by atoms with Crippen LogP contribution in [0, 0.1) is 6.92 Å². The molecule has 1 heterocycles. The van der Waals surface area contributed by atoms with E-state index >= 15 is 0 Å². The minimum absolute atomic E-state index is 0.0163. The van der Waals surface area contributed by atoms with Gasteiger partial charge in [-0.1, -0.05) is 11.8 Å². The first-order chi connectivity index (χ1) is 11.8. The van der Waals surface area contributed by atoms with Gasteiger partial charge in [-0.3, -0.25) is 9.59 Å². The van der Waals surface area contributed by atoms with Crippen LogP contribution in [0.15, 0.2) is 28.6 Å². The highest BCUT2D eigenvalue weighted by molar-refractivity contribution is 8.01. The average molecular weight is 387 g/mol. The van der Waals surface area contributed by atoms with Gasteiger partial charge in [0.05, 0.1) is 17.9 Å². The second kappa shape index (κ2) is 8.77. The Morgan fingerprint density at radius 3 is 2.64 bits per heavy atom. The summed E-state index contributed by atoms with van der Waals surface area (Å²) in [6.45, 7) is -1.11. The number of halogens is 2. The lowest BCUT2D eigenvalue weighted by molar-refractivity contribution is -0.117. The lowest BCUT2D eigenvalue weighted by Gasteiger charge is -2.07. The Labute approximate surface area is 150 Å². The van der Waals surface area contributed by atoms with Crippen LogP contribution in [-0.4, -0.2) is 29.2 Å². The number of aryl methyl sites for hydroxylation is 1. The molecule has 25 heavy (non-hydrogen) atoms. The first-order valence-electron chi connectivity index (χ1n) is 7.05. The maximum atomic E-state index is 12.1. The SMILES string of the molecule is Cc1nc(SCC(=O)Nc2ccc(OC(F)F)cc2)sc1CC(N)=O. The molecule has 1 aromatic carbocycles. The second-order valence-electron chi connectivity index (χ2n) is 4.87. The van der Waals surface area contributed by atoms with E-state index in [0.29, 0.717) is 10.0 Å². The third kappa shape index (κ3) is 6.31. The number of aromatic nitrogens is 1. The molecule has 3 N–H and O–H groups in total. The van der Waals surface area contributed by atoms with Crippen molar-refractivity contribution < 1.29 is 23.1 Å². The van der Waals surface area contributed by atoms with Gasteiger partial charge in [-0.15, -0.1) is 11.3 Å². The van der Waals surface area contributed by atoms with E-state index in [0.717, 1.165) is 10.6 Å². The molecule has 0 atom stereocenters. The molecule has 2 aromatic rings. The number of nitrogens with zero attached hydrogens (tertiary/aromatic N) is 1. The lowest BCUT2D eigenvalue weighted by atomic mass is 10.3. The summed E-state index contributed by atoms with van der Waals surface area (Å²) in [4.78, 5) is 28.0. The molecule has 0 saturated carbocycles. The topological polar surface area (TPSA) is 94.3 Å². The summed E-state index contributed by atoms with van der Waals surface area (Å²) in [6, 6.07) is 5.63. The maximum Gasteiger partial charge on any atom is 0.387 e. The molecule has 0 bridgehead atoms. The quantitative estimate of drug-likeness (QED) is 0.679. The van der Waals surface area contributed by atoms with E-state index < -0.39 is 12.5 Å². The normalized spacial score (nSPS) is 10.7. The maximum absolute atomic E-state index is 12.1. The number of rotatable bonds is 8. The van der Waals surface area contributed by atoms with Gasteiger partial charge in [-0.05, 0) is 31.2 Å². The number of carbonyl (C=O) groups is 2. The Morgan fingerprint density at radius 2 is 2.04 bits per heavy atom. The molecular formula is C15H15F2N3O3S2. The van der Waals surface area contributed by atoms with Crippen LogP contribution in [0.1, 0.15) is 10.6 Å². The summed E-state index contributed by atoms with van der Waals surface area (Å²) in [5.41, 5.74) is 6.36. The third-order valence-electron chi connectivity index (χ3n) is 2.90. The molecule has 0 aliphatic rings. The average Bonchev–Trinajstić information content (AvgIpc) is 2.86. The predicted octanol–water partition coefficient (Wildman–Crippen LogP) is 2.81. The molecular weight excluding hydrogens is 372 g/mol. The summed E-state index contributed by atoms with van der Waals surface area (Å²) in [5.74, 6) is -0.558. The standard InChI is InChI=1S/C15H15F2N3O3S2/c1-8-11(6-12(18)21)25-15(19-8)24-7-13(22)20-9-2-4-10(5-3-9)23-14(16)17/h2-5,14H,6-7H2,1H3,(H2,18,21)(H,20,22). The molecule has 0 aliphatic carbocycles. The fourth-order valence-electron chi connectivity index (χ4n) is 1.83. The number of anilines is 1. The molecule has 0 spiro atoms. The van der Waals surface area contributed by atoms with Crippen LogP contribution in [0.5, 0.6) is 5.75 Å². The first kappa shape index (κ1) is 19.1. The molecule has 134 valence electrons. The summed E-state index contributed by atoms with van der Waals surface area (Å²) in [7, 11) is 0. The number of hydrogen-bond donors (Lipinski definition) is 2. The highest BCUT2D eigenvalue weighted by Gasteiger charge is 2.12. The van der Waals surface area contributed by atoms with Gasteiger partial charge in [0.2, 0.25) is 11.8 Å². The molecule has 0 unspecified atom stereocenters. The van der Waals surface area contributed by atoms with E-state index in [9.17, 15) is 18.4 Å². The number of carbonyl (C=O) groups excluding carboxylic acids is 2. The number of hydrogen-bond acceptors (Lipinski definition) is 6. The summed E-state index contributed by atoms with van der Waals surface area (Å²) < 4.78 is 29.0. The molecule has 0 aliphatic heterocycles. The number of primary amides is 1. The molecule has 0 radical (unpaired) electrons. The number of thioether (sulfide) groups is 1. The molecule has 6 nitrogen and oxygen atoms in total. The third-order valence-corrected chi connectivity index (χ3v) is 5.20. The van der Waals surface area contributed by atoms with E-state index in [2.05, 4.69) is 15.0 Å².